The molecule has 0 atom stereocenters. The Morgan fingerprint density at radius 1 is 1.40 bits per heavy atom. The van der Waals surface area contributed by atoms with Crippen LogP contribution in [0.4, 0.5) is 0 Å². The number of aliphatic carboxylic acids is 1. The van der Waals surface area contributed by atoms with Crippen molar-refractivity contribution in [2.75, 3.05) is 12.9 Å². The number of nitrogens with zero attached hydrogens (tertiary/aromatic N) is 1. The Kier molecular flexibility index (Phi) is 6.82. The number of rotatable bonds is 5. The monoisotopic (exact) mass is 299 g/mol. The molecule has 20 heavy (non-hydrogen) atoms. The zero-order valence-electron chi connectivity index (χ0n) is 11.8. The van der Waals surface area contributed by atoms with Crippen LogP contribution in [0.1, 0.15) is 12.1 Å². The van der Waals surface area contributed by atoms with Crippen molar-refractivity contribution in [1.82, 2.24) is 4.98 Å². The fourth-order valence-corrected chi connectivity index (χ4v) is 2.85. The predicted octanol–water partition coefficient (Wildman–Crippen LogP) is -1.21. The third-order valence-electron chi connectivity index (χ3n) is 2.67. The molecular formula is C14H14NNaO3S. The molecule has 0 aliphatic rings. The van der Waals surface area contributed by atoms with Crippen LogP contribution in [0.5, 0.6) is 5.75 Å². The zero-order valence-corrected chi connectivity index (χ0v) is 14.6. The Bertz CT molecular complexity index is 619. The SMILES string of the molecule is COc1ccc2nc(C)cc(SCCC(=O)[O-])c2c1.[Na+]. The van der Waals surface area contributed by atoms with E-state index in [0.29, 0.717) is 5.75 Å². The number of hydrogen-bond donors (Lipinski definition) is 0. The number of fused-ring (bicyclic) bond motifs is 1. The molecule has 0 amide bonds. The fourth-order valence-electron chi connectivity index (χ4n) is 1.79. The molecule has 100 valence electrons. The minimum Gasteiger partial charge on any atom is -0.550 e. The van der Waals surface area contributed by atoms with E-state index >= 15 is 0 Å². The number of methoxy groups -OCH3 is 1. The molecule has 0 aliphatic carbocycles. The third-order valence-corrected chi connectivity index (χ3v) is 3.73. The first-order valence-corrected chi connectivity index (χ1v) is 6.87. The number of aromatic nitrogens is 1. The van der Waals surface area contributed by atoms with Gasteiger partial charge in [-0.3, -0.25) is 4.98 Å². The van der Waals surface area contributed by atoms with Gasteiger partial charge in [0.25, 0.3) is 0 Å². The van der Waals surface area contributed by atoms with Crippen molar-refractivity contribution in [2.24, 2.45) is 0 Å². The molecule has 0 radical (unpaired) electrons. The van der Waals surface area contributed by atoms with Crippen LogP contribution in [0.2, 0.25) is 0 Å². The molecule has 0 fully saturated rings. The number of carbonyl (C=O) groups is 1. The maximum atomic E-state index is 10.5. The number of benzene rings is 1. The Labute approximate surface area is 144 Å². The van der Waals surface area contributed by atoms with E-state index in [0.717, 1.165) is 27.2 Å². The Morgan fingerprint density at radius 2 is 2.15 bits per heavy atom. The second-order valence-electron chi connectivity index (χ2n) is 4.12. The Balaban J connectivity index is 0.00000200. The quantitative estimate of drug-likeness (QED) is 0.512. The van der Waals surface area contributed by atoms with Crippen molar-refractivity contribution in [3.63, 3.8) is 0 Å². The molecule has 1 aromatic carbocycles. The summed E-state index contributed by atoms with van der Waals surface area (Å²) in [5, 5.41) is 11.4. The van der Waals surface area contributed by atoms with Gasteiger partial charge in [-0.25, -0.2) is 0 Å². The second-order valence-corrected chi connectivity index (χ2v) is 5.25. The van der Waals surface area contributed by atoms with E-state index in [1.807, 2.05) is 31.2 Å². The van der Waals surface area contributed by atoms with Crippen LogP contribution in [-0.4, -0.2) is 23.8 Å². The van der Waals surface area contributed by atoms with E-state index in [2.05, 4.69) is 4.98 Å². The summed E-state index contributed by atoms with van der Waals surface area (Å²) < 4.78 is 5.21. The molecule has 1 heterocycles. The molecule has 0 saturated heterocycles. The molecular weight excluding hydrogens is 285 g/mol. The summed E-state index contributed by atoms with van der Waals surface area (Å²) in [5.74, 6) is 0.220. The Hall–Kier alpha value is -0.750. The molecule has 0 aliphatic heterocycles. The fraction of sp³-hybridized carbons (Fsp3) is 0.286. The predicted molar refractivity (Wildman–Crippen MR) is 73.4 cm³/mol. The number of carboxylic acid groups (broad SMARTS) is 1. The number of hydrogen-bond acceptors (Lipinski definition) is 5. The maximum absolute atomic E-state index is 10.5. The van der Waals surface area contributed by atoms with Gasteiger partial charge in [-0.05, 0) is 37.6 Å². The third kappa shape index (κ3) is 4.38. The number of aryl methyl sites for hydroxylation is 1. The minimum absolute atomic E-state index is 0. The van der Waals surface area contributed by atoms with Gasteiger partial charge >= 0.3 is 29.6 Å². The number of ether oxygens (including phenoxy) is 1. The van der Waals surface area contributed by atoms with E-state index in [-0.39, 0.29) is 36.0 Å². The molecule has 0 bridgehead atoms. The van der Waals surface area contributed by atoms with Gasteiger partial charge < -0.3 is 14.6 Å². The van der Waals surface area contributed by atoms with E-state index in [4.69, 9.17) is 4.74 Å². The first-order chi connectivity index (χ1) is 9.10. The standard InChI is InChI=1S/C14H15NO3S.Na/c1-9-7-13(19-6-5-14(16)17)11-8-10(18-2)3-4-12(11)15-9;/h3-4,7-8H,5-6H2,1-2H3,(H,16,17);/q;+1/p-1. The second kappa shape index (κ2) is 7.88. The summed E-state index contributed by atoms with van der Waals surface area (Å²) in [6, 6.07) is 7.65. The van der Waals surface area contributed by atoms with Gasteiger partial charge in [-0.2, -0.15) is 0 Å². The molecule has 6 heteroatoms. The molecule has 0 N–H and O–H groups in total. The maximum Gasteiger partial charge on any atom is 1.00 e. The van der Waals surface area contributed by atoms with Gasteiger partial charge in [0.2, 0.25) is 0 Å². The van der Waals surface area contributed by atoms with E-state index in [1.54, 1.807) is 7.11 Å². The Morgan fingerprint density at radius 3 is 2.80 bits per heavy atom. The average Bonchev–Trinajstić information content (AvgIpc) is 2.37. The smallest absolute Gasteiger partial charge is 0.550 e. The topological polar surface area (TPSA) is 62.2 Å². The molecule has 0 unspecified atom stereocenters. The van der Waals surface area contributed by atoms with Crippen LogP contribution in [-0.2, 0) is 4.79 Å². The average molecular weight is 299 g/mol. The van der Waals surface area contributed by atoms with E-state index in [9.17, 15) is 9.90 Å². The van der Waals surface area contributed by atoms with Gasteiger partial charge in [-0.15, -0.1) is 11.8 Å². The van der Waals surface area contributed by atoms with Crippen LogP contribution in [0.3, 0.4) is 0 Å². The van der Waals surface area contributed by atoms with Crippen molar-refractivity contribution >= 4 is 28.6 Å². The van der Waals surface area contributed by atoms with Gasteiger partial charge in [-0.1, -0.05) is 0 Å². The minimum atomic E-state index is -1.03. The molecule has 4 nitrogen and oxygen atoms in total. The molecule has 1 aromatic heterocycles. The van der Waals surface area contributed by atoms with E-state index < -0.39 is 5.97 Å². The normalized spacial score (nSPS) is 10.1. The first kappa shape index (κ1) is 17.3. The first-order valence-electron chi connectivity index (χ1n) is 5.88. The number of thioether (sulfide) groups is 1. The van der Waals surface area contributed by atoms with Crippen LogP contribution in [0.25, 0.3) is 10.9 Å². The van der Waals surface area contributed by atoms with Crippen molar-refractivity contribution in [3.05, 3.63) is 30.0 Å². The molecule has 2 aromatic rings. The van der Waals surface area contributed by atoms with Crippen LogP contribution in [0.15, 0.2) is 29.2 Å². The largest absolute Gasteiger partial charge is 1.00 e. The van der Waals surface area contributed by atoms with Crippen molar-refractivity contribution in [2.45, 2.75) is 18.2 Å². The van der Waals surface area contributed by atoms with Crippen molar-refractivity contribution in [1.29, 1.82) is 0 Å². The van der Waals surface area contributed by atoms with Crippen molar-refractivity contribution in [3.8, 4) is 5.75 Å². The zero-order chi connectivity index (χ0) is 13.8. The summed E-state index contributed by atoms with van der Waals surface area (Å²) in [6.45, 7) is 1.92. The van der Waals surface area contributed by atoms with Crippen LogP contribution in [0, 0.1) is 6.92 Å². The van der Waals surface area contributed by atoms with Crippen molar-refractivity contribution < 1.29 is 44.2 Å². The summed E-state index contributed by atoms with van der Waals surface area (Å²) in [7, 11) is 1.62. The number of carbonyl (C=O) groups excluding carboxylic acids is 1. The van der Waals surface area contributed by atoms with Gasteiger partial charge in [0.1, 0.15) is 5.75 Å². The van der Waals surface area contributed by atoms with E-state index in [1.165, 1.54) is 11.8 Å². The van der Waals surface area contributed by atoms with Crippen LogP contribution < -0.4 is 39.4 Å². The molecule has 0 spiro atoms. The van der Waals surface area contributed by atoms with Gasteiger partial charge in [0.15, 0.2) is 0 Å². The molecule has 0 saturated carbocycles. The number of pyridine rings is 1. The van der Waals surface area contributed by atoms with Gasteiger partial charge in [0.05, 0.1) is 12.6 Å². The molecule has 2 rings (SSSR count). The summed E-state index contributed by atoms with van der Waals surface area (Å²) in [6.07, 6.45) is 0.0392. The van der Waals surface area contributed by atoms with Crippen LogP contribution >= 0.6 is 11.8 Å². The summed E-state index contributed by atoms with van der Waals surface area (Å²) in [4.78, 5) is 15.9. The van der Waals surface area contributed by atoms with Gasteiger partial charge in [0, 0.05) is 27.7 Å². The summed E-state index contributed by atoms with van der Waals surface area (Å²) in [5.41, 5.74) is 1.80. The summed E-state index contributed by atoms with van der Waals surface area (Å²) >= 11 is 1.50. The number of carboxylic acids is 1.